The highest BCUT2D eigenvalue weighted by Crippen LogP contribution is 2.34. The molecule has 0 aromatic heterocycles. The van der Waals surface area contributed by atoms with Gasteiger partial charge in [-0.05, 0) is 47.5 Å². The summed E-state index contributed by atoms with van der Waals surface area (Å²) >= 11 is 3.45. The van der Waals surface area contributed by atoms with Crippen molar-refractivity contribution in [2.45, 2.75) is 20.4 Å². The number of nitriles is 1. The molecule has 2 aromatic carbocycles. The fourth-order valence-corrected chi connectivity index (χ4v) is 2.86. The first-order valence-corrected chi connectivity index (χ1v) is 9.41. The van der Waals surface area contributed by atoms with E-state index in [1.807, 2.05) is 50.2 Å². The Morgan fingerprint density at radius 3 is 2.44 bits per heavy atom. The van der Waals surface area contributed by atoms with E-state index in [0.29, 0.717) is 36.8 Å². The van der Waals surface area contributed by atoms with E-state index in [9.17, 15) is 10.1 Å². The van der Waals surface area contributed by atoms with E-state index in [0.717, 1.165) is 10.0 Å². The summed E-state index contributed by atoms with van der Waals surface area (Å²) in [6, 6.07) is 15.0. The highest BCUT2D eigenvalue weighted by molar-refractivity contribution is 9.10. The summed E-state index contributed by atoms with van der Waals surface area (Å²) in [4.78, 5) is 12.4. The van der Waals surface area contributed by atoms with Crippen molar-refractivity contribution in [3.63, 3.8) is 0 Å². The summed E-state index contributed by atoms with van der Waals surface area (Å²) in [7, 11) is 0. The average molecular weight is 429 g/mol. The minimum absolute atomic E-state index is 0.00273. The zero-order valence-corrected chi connectivity index (χ0v) is 16.9. The van der Waals surface area contributed by atoms with Gasteiger partial charge in [-0.15, -0.1) is 0 Å². The van der Waals surface area contributed by atoms with Crippen LogP contribution in [0.4, 0.5) is 0 Å². The van der Waals surface area contributed by atoms with Crippen LogP contribution in [0.5, 0.6) is 11.5 Å². The third-order valence-corrected chi connectivity index (χ3v) is 4.24. The van der Waals surface area contributed by atoms with E-state index in [4.69, 9.17) is 9.47 Å². The molecular formula is C21H21BrN2O3. The van der Waals surface area contributed by atoms with Crippen LogP contribution in [-0.2, 0) is 11.3 Å². The first-order valence-electron chi connectivity index (χ1n) is 8.62. The Bertz CT molecular complexity index is 858. The molecule has 5 nitrogen and oxygen atoms in total. The molecule has 2 aromatic rings. The molecule has 0 heterocycles. The number of ether oxygens (including phenoxy) is 2. The maximum atomic E-state index is 12.4. The van der Waals surface area contributed by atoms with Gasteiger partial charge in [-0.25, -0.2) is 0 Å². The van der Waals surface area contributed by atoms with Crippen LogP contribution in [0.1, 0.15) is 25.0 Å². The Kier molecular flexibility index (Phi) is 7.90. The lowest BCUT2D eigenvalue weighted by Crippen LogP contribution is -2.23. The Labute approximate surface area is 167 Å². The summed E-state index contributed by atoms with van der Waals surface area (Å²) in [6.07, 6.45) is 1.52. The second-order valence-electron chi connectivity index (χ2n) is 5.52. The quantitative estimate of drug-likeness (QED) is 0.497. The number of rotatable bonds is 8. The molecule has 6 heteroatoms. The summed E-state index contributed by atoms with van der Waals surface area (Å²) in [5.74, 6) is 0.756. The minimum atomic E-state index is -0.436. The highest BCUT2D eigenvalue weighted by atomic mass is 79.9. The third kappa shape index (κ3) is 5.87. The van der Waals surface area contributed by atoms with Gasteiger partial charge >= 0.3 is 0 Å². The molecular weight excluding hydrogens is 408 g/mol. The van der Waals surface area contributed by atoms with Crippen LogP contribution < -0.4 is 14.8 Å². The zero-order chi connectivity index (χ0) is 19.6. The second kappa shape index (κ2) is 10.4. The molecule has 0 aliphatic heterocycles. The summed E-state index contributed by atoms with van der Waals surface area (Å²) in [5.41, 5.74) is 1.59. The summed E-state index contributed by atoms with van der Waals surface area (Å²) in [5, 5.41) is 12.2. The standard InChI is InChI=1S/C21H21BrN2O3/c1-3-26-19-12-20(27-4-2)18(22)11-16(19)10-17(13-23)21(25)24-14-15-8-6-5-7-9-15/h5-12H,3-4,14H2,1-2H3,(H,24,25)/b17-10+. The lowest BCUT2D eigenvalue weighted by molar-refractivity contribution is -0.117. The van der Waals surface area contributed by atoms with Crippen molar-refractivity contribution in [2.75, 3.05) is 13.2 Å². The molecule has 27 heavy (non-hydrogen) atoms. The Morgan fingerprint density at radius 1 is 1.15 bits per heavy atom. The van der Waals surface area contributed by atoms with E-state index in [-0.39, 0.29) is 5.57 Å². The number of nitrogens with zero attached hydrogens (tertiary/aromatic N) is 1. The molecule has 0 aliphatic rings. The maximum Gasteiger partial charge on any atom is 0.262 e. The molecule has 0 radical (unpaired) electrons. The second-order valence-corrected chi connectivity index (χ2v) is 6.38. The van der Waals surface area contributed by atoms with E-state index in [2.05, 4.69) is 21.2 Å². The van der Waals surface area contributed by atoms with Gasteiger partial charge in [0.05, 0.1) is 17.7 Å². The molecule has 1 amide bonds. The molecule has 2 rings (SSSR count). The van der Waals surface area contributed by atoms with Gasteiger partial charge in [0.25, 0.3) is 5.91 Å². The highest BCUT2D eigenvalue weighted by Gasteiger charge is 2.13. The number of amides is 1. The van der Waals surface area contributed by atoms with Crippen LogP contribution in [0.25, 0.3) is 6.08 Å². The van der Waals surface area contributed by atoms with Crippen molar-refractivity contribution in [3.8, 4) is 17.6 Å². The summed E-state index contributed by atoms with van der Waals surface area (Å²) < 4.78 is 11.9. The Hall–Kier alpha value is -2.78. The molecule has 0 bridgehead atoms. The fourth-order valence-electron chi connectivity index (χ4n) is 2.39. The van der Waals surface area contributed by atoms with Gasteiger partial charge in [-0.3, -0.25) is 4.79 Å². The molecule has 0 unspecified atom stereocenters. The van der Waals surface area contributed by atoms with E-state index in [1.54, 1.807) is 12.1 Å². The number of nitrogens with one attached hydrogen (secondary N) is 1. The molecule has 0 saturated heterocycles. The van der Waals surface area contributed by atoms with Crippen molar-refractivity contribution >= 4 is 27.9 Å². The van der Waals surface area contributed by atoms with Gasteiger partial charge in [0.15, 0.2) is 0 Å². The molecule has 0 spiro atoms. The number of carbonyl (C=O) groups excluding carboxylic acids is 1. The minimum Gasteiger partial charge on any atom is -0.493 e. The zero-order valence-electron chi connectivity index (χ0n) is 15.3. The summed E-state index contributed by atoms with van der Waals surface area (Å²) in [6.45, 7) is 5.09. The molecule has 0 saturated carbocycles. The first kappa shape index (κ1) is 20.5. The smallest absolute Gasteiger partial charge is 0.262 e. The van der Waals surface area contributed by atoms with E-state index < -0.39 is 5.91 Å². The van der Waals surface area contributed by atoms with Crippen LogP contribution in [0.3, 0.4) is 0 Å². The largest absolute Gasteiger partial charge is 0.493 e. The molecule has 140 valence electrons. The predicted molar refractivity (Wildman–Crippen MR) is 108 cm³/mol. The average Bonchev–Trinajstić information content (AvgIpc) is 2.68. The lowest BCUT2D eigenvalue weighted by atomic mass is 10.1. The number of halogens is 1. The van der Waals surface area contributed by atoms with Gasteiger partial charge in [0, 0.05) is 18.2 Å². The number of hydrogen-bond acceptors (Lipinski definition) is 4. The van der Waals surface area contributed by atoms with Crippen LogP contribution in [0, 0.1) is 11.3 Å². The van der Waals surface area contributed by atoms with Gasteiger partial charge in [0.2, 0.25) is 0 Å². The van der Waals surface area contributed by atoms with Gasteiger partial charge in [-0.1, -0.05) is 30.3 Å². The maximum absolute atomic E-state index is 12.4. The van der Waals surface area contributed by atoms with Crippen molar-refractivity contribution in [2.24, 2.45) is 0 Å². The van der Waals surface area contributed by atoms with Crippen LogP contribution in [0.15, 0.2) is 52.5 Å². The predicted octanol–water partition coefficient (Wildman–Crippen LogP) is 4.47. The van der Waals surface area contributed by atoms with Gasteiger partial charge in [0.1, 0.15) is 23.1 Å². The molecule has 0 fully saturated rings. The Morgan fingerprint density at radius 2 is 1.81 bits per heavy atom. The number of hydrogen-bond donors (Lipinski definition) is 1. The molecule has 1 N–H and O–H groups in total. The van der Waals surface area contributed by atoms with Gasteiger partial charge < -0.3 is 14.8 Å². The topological polar surface area (TPSA) is 71.3 Å². The van der Waals surface area contributed by atoms with Crippen LogP contribution in [0.2, 0.25) is 0 Å². The monoisotopic (exact) mass is 428 g/mol. The molecule has 0 atom stereocenters. The lowest BCUT2D eigenvalue weighted by Gasteiger charge is -2.13. The first-order chi connectivity index (χ1) is 13.1. The van der Waals surface area contributed by atoms with Crippen LogP contribution in [-0.4, -0.2) is 19.1 Å². The van der Waals surface area contributed by atoms with E-state index >= 15 is 0 Å². The van der Waals surface area contributed by atoms with Crippen LogP contribution >= 0.6 is 15.9 Å². The Balaban J connectivity index is 2.26. The normalized spacial score (nSPS) is 10.8. The van der Waals surface area contributed by atoms with Crippen molar-refractivity contribution < 1.29 is 14.3 Å². The SMILES string of the molecule is CCOc1cc(OCC)c(/C=C(\C#N)C(=O)NCc2ccccc2)cc1Br. The van der Waals surface area contributed by atoms with Crippen molar-refractivity contribution in [1.82, 2.24) is 5.32 Å². The number of carbonyl (C=O) groups is 1. The van der Waals surface area contributed by atoms with Crippen molar-refractivity contribution in [1.29, 1.82) is 5.26 Å². The van der Waals surface area contributed by atoms with Gasteiger partial charge in [-0.2, -0.15) is 5.26 Å². The fraction of sp³-hybridized carbons (Fsp3) is 0.238. The van der Waals surface area contributed by atoms with Crippen molar-refractivity contribution in [3.05, 3.63) is 63.6 Å². The van der Waals surface area contributed by atoms with E-state index in [1.165, 1.54) is 6.08 Å². The molecule has 0 aliphatic carbocycles. The third-order valence-electron chi connectivity index (χ3n) is 3.62. The number of benzene rings is 2.